The molecule has 1 heterocycles. The highest BCUT2D eigenvalue weighted by Gasteiger charge is 2.20. The number of halogens is 3. The molecule has 0 spiro atoms. The quantitative estimate of drug-likeness (QED) is 0.862. The van der Waals surface area contributed by atoms with Crippen LogP contribution in [-0.2, 0) is 11.3 Å². The molecule has 1 atom stereocenters. The number of hydrogen-bond acceptors (Lipinski definition) is 2. The minimum atomic E-state index is -0.767. The van der Waals surface area contributed by atoms with Crippen LogP contribution >= 0.6 is 11.6 Å². The van der Waals surface area contributed by atoms with E-state index in [1.54, 1.807) is 6.92 Å². The van der Waals surface area contributed by atoms with E-state index in [0.717, 1.165) is 18.6 Å². The first-order valence-corrected chi connectivity index (χ1v) is 7.13. The van der Waals surface area contributed by atoms with Gasteiger partial charge in [-0.15, -0.1) is 11.6 Å². The lowest BCUT2D eigenvalue weighted by molar-refractivity contribution is -0.121. The SMILES string of the molecule is CCCNC(=O)Cn1c(C(C)Cl)nc2c(F)cc(F)cc21. The van der Waals surface area contributed by atoms with Crippen LogP contribution in [0, 0.1) is 11.6 Å². The van der Waals surface area contributed by atoms with Crippen molar-refractivity contribution in [3.8, 4) is 0 Å². The summed E-state index contributed by atoms with van der Waals surface area (Å²) in [5.41, 5.74) is 0.240. The Bertz CT molecular complexity index is 670. The fourth-order valence-electron chi connectivity index (χ4n) is 2.10. The van der Waals surface area contributed by atoms with E-state index in [1.165, 1.54) is 4.57 Å². The van der Waals surface area contributed by atoms with E-state index in [9.17, 15) is 13.6 Å². The first-order chi connectivity index (χ1) is 9.93. The normalized spacial score (nSPS) is 12.6. The number of aromatic nitrogens is 2. The molecule has 1 aromatic carbocycles. The number of carbonyl (C=O) groups excluding carboxylic acids is 1. The van der Waals surface area contributed by atoms with E-state index in [-0.39, 0.29) is 23.5 Å². The molecule has 0 saturated heterocycles. The number of nitrogens with one attached hydrogen (secondary N) is 1. The maximum Gasteiger partial charge on any atom is 0.240 e. The molecule has 7 heteroatoms. The van der Waals surface area contributed by atoms with Gasteiger partial charge >= 0.3 is 0 Å². The van der Waals surface area contributed by atoms with Gasteiger partial charge in [-0.1, -0.05) is 6.92 Å². The van der Waals surface area contributed by atoms with Gasteiger partial charge in [0.2, 0.25) is 5.91 Å². The zero-order valence-corrected chi connectivity index (χ0v) is 12.5. The molecule has 0 radical (unpaired) electrons. The van der Waals surface area contributed by atoms with Crippen molar-refractivity contribution in [2.45, 2.75) is 32.2 Å². The molecule has 0 aliphatic heterocycles. The molecule has 0 fully saturated rings. The summed E-state index contributed by atoms with van der Waals surface area (Å²) >= 11 is 6.03. The monoisotopic (exact) mass is 315 g/mol. The molecule has 1 aromatic heterocycles. The fourth-order valence-corrected chi connectivity index (χ4v) is 2.27. The van der Waals surface area contributed by atoms with Crippen LogP contribution in [0.5, 0.6) is 0 Å². The maximum atomic E-state index is 13.8. The summed E-state index contributed by atoms with van der Waals surface area (Å²) in [6.07, 6.45) is 0.804. The summed E-state index contributed by atoms with van der Waals surface area (Å²) in [5, 5.41) is 2.18. The van der Waals surface area contributed by atoms with Crippen molar-refractivity contribution < 1.29 is 13.6 Å². The number of hydrogen-bond donors (Lipinski definition) is 1. The second-order valence-electron chi connectivity index (χ2n) is 4.78. The highest BCUT2D eigenvalue weighted by atomic mass is 35.5. The molecule has 0 bridgehead atoms. The number of rotatable bonds is 5. The molecule has 4 nitrogen and oxygen atoms in total. The van der Waals surface area contributed by atoms with Gasteiger partial charge in [0.05, 0.1) is 10.9 Å². The predicted octanol–water partition coefficient (Wildman–Crippen LogP) is 3.14. The summed E-state index contributed by atoms with van der Waals surface area (Å²) in [5.74, 6) is -1.40. The van der Waals surface area contributed by atoms with Crippen LogP contribution in [0.15, 0.2) is 12.1 Å². The minimum absolute atomic E-state index is 0.0159. The Balaban J connectivity index is 2.48. The summed E-state index contributed by atoms with van der Waals surface area (Å²) in [7, 11) is 0. The Labute approximate surface area is 126 Å². The number of nitrogens with zero attached hydrogens (tertiary/aromatic N) is 2. The molecule has 0 saturated carbocycles. The third kappa shape index (κ3) is 3.32. The second kappa shape index (κ2) is 6.39. The first kappa shape index (κ1) is 15.7. The Morgan fingerprint density at radius 2 is 2.19 bits per heavy atom. The van der Waals surface area contributed by atoms with Crippen LogP contribution in [0.3, 0.4) is 0 Å². The van der Waals surface area contributed by atoms with Gasteiger partial charge in [-0.2, -0.15) is 0 Å². The standard InChI is InChI=1S/C14H16ClF2N3O/c1-3-4-18-12(21)7-20-11-6-9(16)5-10(17)13(11)19-14(20)8(2)15/h5-6,8H,3-4,7H2,1-2H3,(H,18,21). The molecule has 1 unspecified atom stereocenters. The Morgan fingerprint density at radius 1 is 1.48 bits per heavy atom. The zero-order valence-electron chi connectivity index (χ0n) is 11.8. The molecule has 1 N–H and O–H groups in total. The summed E-state index contributed by atoms with van der Waals surface area (Å²) in [6, 6.07) is 1.92. The van der Waals surface area contributed by atoms with E-state index in [0.29, 0.717) is 12.4 Å². The molecule has 1 amide bonds. The van der Waals surface area contributed by atoms with E-state index in [4.69, 9.17) is 11.6 Å². The van der Waals surface area contributed by atoms with Gasteiger partial charge < -0.3 is 9.88 Å². The van der Waals surface area contributed by atoms with Gasteiger partial charge in [0.1, 0.15) is 23.7 Å². The molecule has 2 rings (SSSR count). The number of benzene rings is 1. The lowest BCUT2D eigenvalue weighted by atomic mass is 10.3. The Morgan fingerprint density at radius 3 is 2.81 bits per heavy atom. The van der Waals surface area contributed by atoms with Crippen molar-refractivity contribution in [3.63, 3.8) is 0 Å². The third-order valence-electron chi connectivity index (χ3n) is 3.03. The molecular weight excluding hydrogens is 300 g/mol. The average Bonchev–Trinajstić information content (AvgIpc) is 2.76. The van der Waals surface area contributed by atoms with Crippen LogP contribution in [0.4, 0.5) is 8.78 Å². The average molecular weight is 316 g/mol. The highest BCUT2D eigenvalue weighted by molar-refractivity contribution is 6.20. The van der Waals surface area contributed by atoms with Crippen molar-refractivity contribution >= 4 is 28.5 Å². The van der Waals surface area contributed by atoms with Crippen LogP contribution < -0.4 is 5.32 Å². The van der Waals surface area contributed by atoms with Gasteiger partial charge in [0.15, 0.2) is 5.82 Å². The van der Waals surface area contributed by atoms with E-state index in [1.807, 2.05) is 6.92 Å². The van der Waals surface area contributed by atoms with Crippen molar-refractivity contribution in [1.29, 1.82) is 0 Å². The Kier molecular flexibility index (Phi) is 4.77. The minimum Gasteiger partial charge on any atom is -0.355 e. The van der Waals surface area contributed by atoms with Crippen molar-refractivity contribution in [2.75, 3.05) is 6.54 Å². The van der Waals surface area contributed by atoms with Crippen LogP contribution in [-0.4, -0.2) is 22.0 Å². The smallest absolute Gasteiger partial charge is 0.240 e. The van der Waals surface area contributed by atoms with Gasteiger partial charge in [0.25, 0.3) is 0 Å². The number of alkyl halides is 1. The van der Waals surface area contributed by atoms with E-state index < -0.39 is 17.0 Å². The van der Waals surface area contributed by atoms with Crippen molar-refractivity contribution in [1.82, 2.24) is 14.9 Å². The van der Waals surface area contributed by atoms with Crippen LogP contribution in [0.1, 0.15) is 31.5 Å². The molecule has 114 valence electrons. The second-order valence-corrected chi connectivity index (χ2v) is 5.43. The molecule has 21 heavy (non-hydrogen) atoms. The van der Waals surface area contributed by atoms with Gasteiger partial charge in [-0.3, -0.25) is 4.79 Å². The van der Waals surface area contributed by atoms with Crippen molar-refractivity contribution in [2.24, 2.45) is 0 Å². The van der Waals surface area contributed by atoms with Crippen LogP contribution in [0.25, 0.3) is 11.0 Å². The van der Waals surface area contributed by atoms with Crippen LogP contribution in [0.2, 0.25) is 0 Å². The van der Waals surface area contributed by atoms with E-state index >= 15 is 0 Å². The topological polar surface area (TPSA) is 46.9 Å². The lowest BCUT2D eigenvalue weighted by Crippen LogP contribution is -2.28. The van der Waals surface area contributed by atoms with Gasteiger partial charge in [-0.05, 0) is 19.4 Å². The third-order valence-corrected chi connectivity index (χ3v) is 3.23. The summed E-state index contributed by atoms with van der Waals surface area (Å²) < 4.78 is 28.6. The number of imidazole rings is 1. The summed E-state index contributed by atoms with van der Waals surface area (Å²) in [4.78, 5) is 16.0. The highest BCUT2D eigenvalue weighted by Crippen LogP contribution is 2.26. The fraction of sp³-hybridized carbons (Fsp3) is 0.429. The van der Waals surface area contributed by atoms with E-state index in [2.05, 4.69) is 10.3 Å². The predicted molar refractivity (Wildman–Crippen MR) is 77.2 cm³/mol. The molecular formula is C14H16ClF2N3O. The lowest BCUT2D eigenvalue weighted by Gasteiger charge is -2.10. The largest absolute Gasteiger partial charge is 0.355 e. The first-order valence-electron chi connectivity index (χ1n) is 6.70. The number of amides is 1. The molecule has 0 aliphatic carbocycles. The summed E-state index contributed by atoms with van der Waals surface area (Å²) in [6.45, 7) is 4.06. The maximum absolute atomic E-state index is 13.8. The number of fused-ring (bicyclic) bond motifs is 1. The number of carbonyl (C=O) groups is 1. The molecule has 2 aromatic rings. The van der Waals surface area contributed by atoms with Gasteiger partial charge in [-0.25, -0.2) is 13.8 Å². The zero-order chi connectivity index (χ0) is 15.6. The Hall–Kier alpha value is -1.69. The molecule has 0 aliphatic rings. The van der Waals surface area contributed by atoms with Crippen molar-refractivity contribution in [3.05, 3.63) is 29.6 Å². The van der Waals surface area contributed by atoms with Gasteiger partial charge in [0, 0.05) is 12.6 Å².